The molecular weight excluding hydrogens is 695 g/mol. The number of amides is 1. The number of piperidine rings is 1. The number of ether oxygens (including phenoxy) is 3. The molecule has 8 nitrogen and oxygen atoms in total. The van der Waals surface area contributed by atoms with Gasteiger partial charge in [0.2, 0.25) is 0 Å². The summed E-state index contributed by atoms with van der Waals surface area (Å²) in [6.07, 6.45) is -11.7. The summed E-state index contributed by atoms with van der Waals surface area (Å²) < 4.78 is 113. The average molecular weight is 732 g/mol. The molecule has 1 saturated heterocycles. The fraction of sp³-hybridized carbons (Fsp3) is 0.485. The van der Waals surface area contributed by atoms with Crippen molar-refractivity contribution in [1.29, 1.82) is 0 Å². The van der Waals surface area contributed by atoms with E-state index in [-0.39, 0.29) is 28.0 Å². The van der Waals surface area contributed by atoms with E-state index >= 15 is 0 Å². The highest BCUT2D eigenvalue weighted by Crippen LogP contribution is 2.52. The molecule has 3 aromatic rings. The topological polar surface area (TPSA) is 80.3 Å². The number of halogens is 6. The second kappa shape index (κ2) is 13.3. The molecule has 49 heavy (non-hydrogen) atoms. The summed E-state index contributed by atoms with van der Waals surface area (Å²) in [5, 5.41) is 3.44. The summed E-state index contributed by atoms with van der Waals surface area (Å²) in [6.45, 7) is 7.82. The molecule has 3 heterocycles. The Morgan fingerprint density at radius 2 is 1.86 bits per heavy atom. The van der Waals surface area contributed by atoms with E-state index in [1.54, 1.807) is 39.0 Å². The highest BCUT2D eigenvalue weighted by molar-refractivity contribution is 7.70. The molecule has 5 rings (SSSR count). The molecule has 1 N–H and O–H groups in total. The predicted molar refractivity (Wildman–Crippen MR) is 178 cm³/mol. The summed E-state index contributed by atoms with van der Waals surface area (Å²) in [6, 6.07) is 6.80. The lowest BCUT2D eigenvalue weighted by atomic mass is 10.0. The SMILES string of the molecule is CN1CC[C@@H](Nc2cccc3c(CC(F)(F)F)c(C#CCN(C(=O)OC(C)(C)C)c4ccc(P(C)(C)=O)c5c4OC(F)(F)O5)sc23)[C@@H](F)C1. The van der Waals surface area contributed by atoms with Gasteiger partial charge in [-0.1, -0.05) is 24.0 Å². The first-order valence-electron chi connectivity index (χ1n) is 15.3. The van der Waals surface area contributed by atoms with Crippen LogP contribution >= 0.6 is 18.5 Å². The van der Waals surface area contributed by atoms with E-state index in [0.717, 1.165) is 16.2 Å². The Morgan fingerprint density at radius 1 is 1.16 bits per heavy atom. The minimum absolute atomic E-state index is 0.0375. The van der Waals surface area contributed by atoms with Crippen molar-refractivity contribution >= 4 is 51.3 Å². The second-order valence-corrected chi connectivity index (χ2v) is 17.6. The van der Waals surface area contributed by atoms with Crippen LogP contribution in [0.4, 0.5) is 42.5 Å². The molecule has 0 bridgehead atoms. The number of alkyl halides is 6. The summed E-state index contributed by atoms with van der Waals surface area (Å²) in [5.41, 5.74) is -0.873. The normalized spacial score (nSPS) is 19.3. The molecular formula is C33H36F6N3O5PS. The van der Waals surface area contributed by atoms with Crippen LogP contribution in [-0.2, 0) is 15.7 Å². The van der Waals surface area contributed by atoms with Gasteiger partial charge in [-0.25, -0.2) is 9.18 Å². The molecule has 16 heteroatoms. The number of hydrogen-bond donors (Lipinski definition) is 1. The lowest BCUT2D eigenvalue weighted by Gasteiger charge is -2.33. The molecule has 2 aliphatic heterocycles. The van der Waals surface area contributed by atoms with Gasteiger partial charge in [-0.3, -0.25) is 4.90 Å². The van der Waals surface area contributed by atoms with Gasteiger partial charge in [0, 0.05) is 13.1 Å². The number of nitrogens with one attached hydrogen (secondary N) is 1. The zero-order valence-electron chi connectivity index (χ0n) is 27.6. The minimum atomic E-state index is -4.59. The maximum Gasteiger partial charge on any atom is 0.586 e. The lowest BCUT2D eigenvalue weighted by molar-refractivity contribution is -0.286. The number of likely N-dealkylation sites (tertiary alicyclic amines) is 1. The Hall–Kier alpha value is -3.60. The molecule has 0 radical (unpaired) electrons. The van der Waals surface area contributed by atoms with E-state index in [4.69, 9.17) is 14.2 Å². The van der Waals surface area contributed by atoms with E-state index < -0.39 is 68.0 Å². The molecule has 2 aliphatic rings. The predicted octanol–water partition coefficient (Wildman–Crippen LogP) is 7.82. The third-order valence-electron chi connectivity index (χ3n) is 7.72. The maximum atomic E-state index is 14.9. The van der Waals surface area contributed by atoms with Crippen LogP contribution in [0, 0.1) is 11.8 Å². The fourth-order valence-corrected chi connectivity index (χ4v) is 7.82. The number of anilines is 2. The molecule has 0 aliphatic carbocycles. The Bertz CT molecular complexity index is 1860. The molecule has 2 atom stereocenters. The van der Waals surface area contributed by atoms with Crippen molar-refractivity contribution in [2.75, 3.05) is 50.2 Å². The van der Waals surface area contributed by atoms with Crippen LogP contribution in [0.15, 0.2) is 30.3 Å². The highest BCUT2D eigenvalue weighted by atomic mass is 32.1. The van der Waals surface area contributed by atoms with Gasteiger partial charge in [-0.2, -0.15) is 13.2 Å². The standard InChI is InChI=1S/C33H36F6N3O5PS/c1-31(2,3)47-30(43)42(24-12-13-25(48(5,6)44)28-27(24)45-33(38,39)46-28)15-8-11-26-20(17-32(35,36)37)19-9-7-10-23(29(19)49-26)40-22-14-16-41(4)18-21(22)34/h7,9-10,12-13,21-22,40H,14-18H2,1-6H3/t21-,22+/m0/s1. The molecule has 0 spiro atoms. The number of benzene rings is 2. The monoisotopic (exact) mass is 731 g/mol. The number of fused-ring (bicyclic) bond motifs is 2. The molecule has 1 fully saturated rings. The lowest BCUT2D eigenvalue weighted by Crippen LogP contribution is -2.46. The molecule has 0 saturated carbocycles. The average Bonchev–Trinajstić information content (AvgIpc) is 3.46. The maximum absolute atomic E-state index is 14.9. The zero-order chi connectivity index (χ0) is 36.1. The van der Waals surface area contributed by atoms with Crippen LogP contribution in [0.25, 0.3) is 10.1 Å². The Morgan fingerprint density at radius 3 is 2.49 bits per heavy atom. The van der Waals surface area contributed by atoms with Gasteiger partial charge in [-0.05, 0) is 76.7 Å². The number of nitrogens with zero attached hydrogens (tertiary/aromatic N) is 2. The molecule has 1 amide bonds. The largest absolute Gasteiger partial charge is 0.586 e. The van der Waals surface area contributed by atoms with Crippen LogP contribution in [0.3, 0.4) is 0 Å². The smallest absolute Gasteiger partial charge is 0.443 e. The number of carbonyl (C=O) groups is 1. The Kier molecular flexibility index (Phi) is 9.93. The van der Waals surface area contributed by atoms with E-state index in [1.807, 2.05) is 11.9 Å². The molecule has 0 unspecified atom stereocenters. The van der Waals surface area contributed by atoms with Gasteiger partial charge in [-0.15, -0.1) is 20.1 Å². The van der Waals surface area contributed by atoms with Crippen LogP contribution in [-0.4, -0.2) is 81.3 Å². The fourth-order valence-electron chi connectivity index (χ4n) is 5.58. The third-order valence-corrected chi connectivity index (χ3v) is 10.4. The van der Waals surface area contributed by atoms with Crippen molar-refractivity contribution in [3.63, 3.8) is 0 Å². The van der Waals surface area contributed by atoms with Crippen molar-refractivity contribution in [1.82, 2.24) is 4.90 Å². The van der Waals surface area contributed by atoms with Gasteiger partial charge < -0.3 is 29.0 Å². The van der Waals surface area contributed by atoms with E-state index in [1.165, 1.54) is 25.5 Å². The summed E-state index contributed by atoms with van der Waals surface area (Å²) in [4.78, 5) is 16.3. The minimum Gasteiger partial charge on any atom is -0.443 e. The van der Waals surface area contributed by atoms with Crippen LogP contribution < -0.4 is 25.0 Å². The van der Waals surface area contributed by atoms with Crippen molar-refractivity contribution < 1.29 is 49.9 Å². The van der Waals surface area contributed by atoms with Gasteiger partial charge in [0.05, 0.1) is 45.3 Å². The third kappa shape index (κ3) is 8.59. The van der Waals surface area contributed by atoms with Crippen LogP contribution in [0.1, 0.15) is 37.6 Å². The molecule has 1 aromatic heterocycles. The highest BCUT2D eigenvalue weighted by Gasteiger charge is 2.48. The zero-order valence-corrected chi connectivity index (χ0v) is 29.3. The number of rotatable bonds is 6. The number of hydrogen-bond acceptors (Lipinski definition) is 8. The number of carbonyl (C=O) groups excluding carboxylic acids is 1. The van der Waals surface area contributed by atoms with E-state index in [9.17, 15) is 35.7 Å². The van der Waals surface area contributed by atoms with Crippen molar-refractivity contribution in [3.8, 4) is 23.3 Å². The van der Waals surface area contributed by atoms with Crippen molar-refractivity contribution in [2.24, 2.45) is 0 Å². The Labute approximate surface area is 284 Å². The Balaban J connectivity index is 1.56. The second-order valence-electron chi connectivity index (χ2n) is 13.4. The number of thiophene rings is 1. The van der Waals surface area contributed by atoms with E-state index in [2.05, 4.69) is 17.2 Å². The summed E-state index contributed by atoms with van der Waals surface area (Å²) in [5.74, 6) is 4.41. The van der Waals surface area contributed by atoms with Gasteiger partial charge in [0.1, 0.15) is 18.9 Å². The summed E-state index contributed by atoms with van der Waals surface area (Å²) in [7, 11) is -1.35. The first-order chi connectivity index (χ1) is 22.6. The van der Waals surface area contributed by atoms with Gasteiger partial charge >= 0.3 is 18.6 Å². The van der Waals surface area contributed by atoms with Crippen molar-refractivity contribution in [2.45, 2.75) is 63.9 Å². The molecule has 2 aromatic carbocycles. The van der Waals surface area contributed by atoms with Gasteiger partial charge in [0.15, 0.2) is 11.5 Å². The summed E-state index contributed by atoms with van der Waals surface area (Å²) >= 11 is 0.993. The quantitative estimate of drug-likeness (QED) is 0.157. The molecule has 266 valence electrons. The van der Waals surface area contributed by atoms with Gasteiger partial charge in [0.25, 0.3) is 0 Å². The van der Waals surface area contributed by atoms with Crippen molar-refractivity contribution in [3.05, 3.63) is 40.8 Å². The van der Waals surface area contributed by atoms with E-state index in [0.29, 0.717) is 28.7 Å². The van der Waals surface area contributed by atoms with Crippen LogP contribution in [0.2, 0.25) is 0 Å². The first kappa shape index (κ1) is 36.7. The first-order valence-corrected chi connectivity index (χ1v) is 18.7. The van der Waals surface area contributed by atoms with Crippen LogP contribution in [0.5, 0.6) is 11.5 Å².